The number of methoxy groups -OCH3 is 2. The first-order chi connectivity index (χ1) is 16.2. The van der Waals surface area contributed by atoms with Gasteiger partial charge in [0, 0.05) is 18.5 Å². The maximum Gasteiger partial charge on any atom is 0.306 e. The fourth-order valence-electron chi connectivity index (χ4n) is 3.94. The number of ether oxygens (including phenoxy) is 2. The van der Waals surface area contributed by atoms with Gasteiger partial charge in [-0.1, -0.05) is 17.7 Å². The molecule has 0 bridgehead atoms. The van der Waals surface area contributed by atoms with E-state index < -0.39 is 11.9 Å². The lowest BCUT2D eigenvalue weighted by Gasteiger charge is -2.25. The molecular weight excluding hydrogens is 528 g/mol. The molecule has 2 aromatic rings. The van der Waals surface area contributed by atoms with Gasteiger partial charge in [-0.05, 0) is 65.4 Å². The zero-order valence-electron chi connectivity index (χ0n) is 18.8. The van der Waals surface area contributed by atoms with Crippen LogP contribution in [0, 0.1) is 11.8 Å². The van der Waals surface area contributed by atoms with Crippen molar-refractivity contribution < 1.29 is 29.0 Å². The molecule has 0 aliphatic heterocycles. The zero-order valence-corrected chi connectivity index (χ0v) is 21.2. The first-order valence-corrected chi connectivity index (χ1v) is 11.9. The van der Waals surface area contributed by atoms with Crippen molar-refractivity contribution in [2.75, 3.05) is 19.5 Å². The van der Waals surface area contributed by atoms with Crippen LogP contribution >= 0.6 is 27.5 Å². The highest BCUT2D eigenvalue weighted by atomic mass is 79.9. The lowest BCUT2D eigenvalue weighted by molar-refractivity contribution is -0.143. The first kappa shape index (κ1) is 25.8. The summed E-state index contributed by atoms with van der Waals surface area (Å²) < 4.78 is 11.0. The van der Waals surface area contributed by atoms with E-state index in [1.165, 1.54) is 14.2 Å². The summed E-state index contributed by atoms with van der Waals surface area (Å²) in [5, 5.41) is 15.3. The fourth-order valence-corrected chi connectivity index (χ4v) is 4.72. The number of carbonyl (C=O) groups is 3. The third-order valence-electron chi connectivity index (χ3n) is 5.91. The molecule has 0 unspecified atom stereocenters. The van der Waals surface area contributed by atoms with Gasteiger partial charge in [0.1, 0.15) is 11.5 Å². The van der Waals surface area contributed by atoms with Gasteiger partial charge in [-0.2, -0.15) is 0 Å². The molecule has 0 spiro atoms. The molecule has 2 aromatic carbocycles. The van der Waals surface area contributed by atoms with Crippen LogP contribution in [-0.2, 0) is 16.1 Å². The highest BCUT2D eigenvalue weighted by Crippen LogP contribution is 2.34. The maximum atomic E-state index is 13.0. The minimum absolute atomic E-state index is 0.221. The van der Waals surface area contributed by atoms with E-state index in [1.807, 2.05) is 0 Å². The van der Waals surface area contributed by atoms with Gasteiger partial charge in [0.15, 0.2) is 0 Å². The lowest BCUT2D eigenvalue weighted by Crippen LogP contribution is -2.31. The molecule has 8 nitrogen and oxygen atoms in total. The molecule has 0 heterocycles. The molecular formula is C24H26BrClN2O6. The standard InChI is InChI=1S/C24H26BrClN2O6/c1-33-20-8-3-13(9-18(20)26)12-27-23(30)16-10-17(25)21(34-2)11-19(16)28-22(29)14-4-6-15(7-5-14)24(31)32/h3,8-11,14-15H,4-7,12H2,1-2H3,(H,27,30)(H,28,29)(H,31,32)/t14-,15-. The summed E-state index contributed by atoms with van der Waals surface area (Å²) in [7, 11) is 3.02. The molecule has 1 fully saturated rings. The Morgan fingerprint density at radius 3 is 2.26 bits per heavy atom. The molecule has 0 saturated heterocycles. The van der Waals surface area contributed by atoms with Gasteiger partial charge in [0.05, 0.1) is 40.9 Å². The number of carbonyl (C=O) groups excluding carboxylic acids is 2. The smallest absolute Gasteiger partial charge is 0.306 e. The van der Waals surface area contributed by atoms with E-state index in [1.54, 1.807) is 30.3 Å². The molecule has 2 amide bonds. The fraction of sp³-hybridized carbons (Fsp3) is 0.375. The predicted octanol–water partition coefficient (Wildman–Crippen LogP) is 4.88. The molecule has 10 heteroatoms. The highest BCUT2D eigenvalue weighted by Gasteiger charge is 2.30. The SMILES string of the molecule is COc1ccc(CNC(=O)c2cc(Br)c(OC)cc2NC(=O)[C@H]2CC[C@H](C(=O)O)CC2)cc1Cl. The minimum atomic E-state index is -0.825. The monoisotopic (exact) mass is 552 g/mol. The summed E-state index contributed by atoms with van der Waals surface area (Å²) in [5.41, 5.74) is 1.36. The van der Waals surface area contributed by atoms with Crippen molar-refractivity contribution in [3.63, 3.8) is 0 Å². The van der Waals surface area contributed by atoms with Crippen LogP contribution in [0.5, 0.6) is 11.5 Å². The van der Waals surface area contributed by atoms with Crippen LogP contribution < -0.4 is 20.1 Å². The number of anilines is 1. The summed E-state index contributed by atoms with van der Waals surface area (Å²) in [5.74, 6) is -1.19. The van der Waals surface area contributed by atoms with E-state index in [0.717, 1.165) is 5.56 Å². The van der Waals surface area contributed by atoms with Gasteiger partial charge in [-0.3, -0.25) is 14.4 Å². The Bertz CT molecular complexity index is 1090. The number of nitrogens with one attached hydrogen (secondary N) is 2. The first-order valence-electron chi connectivity index (χ1n) is 10.7. The summed E-state index contributed by atoms with van der Waals surface area (Å²) in [6.07, 6.45) is 1.87. The van der Waals surface area contributed by atoms with E-state index in [4.69, 9.17) is 21.1 Å². The topological polar surface area (TPSA) is 114 Å². The van der Waals surface area contributed by atoms with Crippen molar-refractivity contribution in [3.8, 4) is 11.5 Å². The average Bonchev–Trinajstić information content (AvgIpc) is 2.83. The molecule has 34 heavy (non-hydrogen) atoms. The molecule has 1 saturated carbocycles. The van der Waals surface area contributed by atoms with E-state index in [0.29, 0.717) is 52.4 Å². The Morgan fingerprint density at radius 1 is 1.03 bits per heavy atom. The number of hydrogen-bond acceptors (Lipinski definition) is 5. The molecule has 1 aliphatic rings. The summed E-state index contributed by atoms with van der Waals surface area (Å²) >= 11 is 9.55. The Balaban J connectivity index is 1.74. The largest absolute Gasteiger partial charge is 0.495 e. The van der Waals surface area contributed by atoms with Gasteiger partial charge >= 0.3 is 5.97 Å². The molecule has 0 aromatic heterocycles. The second-order valence-corrected chi connectivity index (χ2v) is 9.32. The Labute approximate surface area is 211 Å². The van der Waals surface area contributed by atoms with Gasteiger partial charge in [0.2, 0.25) is 5.91 Å². The number of benzene rings is 2. The second kappa shape index (κ2) is 11.6. The Kier molecular flexibility index (Phi) is 8.79. The van der Waals surface area contributed by atoms with Crippen LogP contribution in [0.15, 0.2) is 34.8 Å². The van der Waals surface area contributed by atoms with Crippen molar-refractivity contribution >= 4 is 51.0 Å². The van der Waals surface area contributed by atoms with Crippen molar-refractivity contribution in [2.24, 2.45) is 11.8 Å². The van der Waals surface area contributed by atoms with Crippen LogP contribution in [0.1, 0.15) is 41.6 Å². The number of rotatable bonds is 8. The van der Waals surface area contributed by atoms with Gasteiger partial charge in [0.25, 0.3) is 5.91 Å². The maximum absolute atomic E-state index is 13.0. The normalized spacial score (nSPS) is 17.5. The van der Waals surface area contributed by atoms with Crippen LogP contribution in [0.25, 0.3) is 0 Å². The van der Waals surface area contributed by atoms with Crippen molar-refractivity contribution in [1.82, 2.24) is 5.32 Å². The summed E-state index contributed by atoms with van der Waals surface area (Å²) in [4.78, 5) is 37.1. The van der Waals surface area contributed by atoms with Gasteiger partial charge < -0.3 is 25.2 Å². The van der Waals surface area contributed by atoms with Crippen LogP contribution in [0.3, 0.4) is 0 Å². The Hall–Kier alpha value is -2.78. The molecule has 182 valence electrons. The van der Waals surface area contributed by atoms with E-state index in [2.05, 4.69) is 26.6 Å². The molecule has 3 N–H and O–H groups in total. The average molecular weight is 554 g/mol. The Morgan fingerprint density at radius 2 is 1.68 bits per heavy atom. The van der Waals surface area contributed by atoms with Crippen molar-refractivity contribution in [3.05, 3.63) is 51.0 Å². The highest BCUT2D eigenvalue weighted by molar-refractivity contribution is 9.10. The van der Waals surface area contributed by atoms with E-state index in [-0.39, 0.29) is 29.8 Å². The van der Waals surface area contributed by atoms with Crippen LogP contribution in [-0.4, -0.2) is 37.1 Å². The number of hydrogen-bond donors (Lipinski definition) is 3. The van der Waals surface area contributed by atoms with Gasteiger partial charge in [-0.15, -0.1) is 0 Å². The number of carboxylic acids is 1. The van der Waals surface area contributed by atoms with Crippen molar-refractivity contribution in [2.45, 2.75) is 32.2 Å². The third kappa shape index (κ3) is 6.21. The predicted molar refractivity (Wildman–Crippen MR) is 132 cm³/mol. The quantitative estimate of drug-likeness (QED) is 0.429. The molecule has 3 rings (SSSR count). The van der Waals surface area contributed by atoms with Gasteiger partial charge in [-0.25, -0.2) is 0 Å². The van der Waals surface area contributed by atoms with Crippen molar-refractivity contribution in [1.29, 1.82) is 0 Å². The molecule has 0 radical (unpaired) electrons. The summed E-state index contributed by atoms with van der Waals surface area (Å²) in [6, 6.07) is 8.40. The zero-order chi connectivity index (χ0) is 24.8. The number of aliphatic carboxylic acids is 1. The third-order valence-corrected chi connectivity index (χ3v) is 6.83. The number of amides is 2. The van der Waals surface area contributed by atoms with Crippen LogP contribution in [0.2, 0.25) is 5.02 Å². The molecule has 0 atom stereocenters. The van der Waals surface area contributed by atoms with E-state index >= 15 is 0 Å². The van der Waals surface area contributed by atoms with Crippen LogP contribution in [0.4, 0.5) is 5.69 Å². The second-order valence-electron chi connectivity index (χ2n) is 8.06. The van der Waals surface area contributed by atoms with E-state index in [9.17, 15) is 19.5 Å². The lowest BCUT2D eigenvalue weighted by atomic mass is 9.81. The summed E-state index contributed by atoms with van der Waals surface area (Å²) in [6.45, 7) is 0.221. The number of halogens is 2. The minimum Gasteiger partial charge on any atom is -0.495 e. The number of carboxylic acid groups (broad SMARTS) is 1. The molecule has 1 aliphatic carbocycles.